The highest BCUT2D eigenvalue weighted by Gasteiger charge is 2.15. The SMILES string of the molecule is Cc1ncc([N+](=O)[O-])cc1C(=O)NCc1cccc(-n2cccn2)c1. The van der Waals surface area contributed by atoms with Crippen LogP contribution in [0.3, 0.4) is 0 Å². The van der Waals surface area contributed by atoms with Crippen LogP contribution in [0.25, 0.3) is 5.69 Å². The first kappa shape index (κ1) is 16.3. The summed E-state index contributed by atoms with van der Waals surface area (Å²) in [7, 11) is 0. The van der Waals surface area contributed by atoms with E-state index in [0.717, 1.165) is 17.4 Å². The lowest BCUT2D eigenvalue weighted by molar-refractivity contribution is -0.385. The van der Waals surface area contributed by atoms with Crippen LogP contribution in [0, 0.1) is 17.0 Å². The number of rotatable bonds is 5. The number of hydrogen-bond donors (Lipinski definition) is 1. The molecule has 126 valence electrons. The van der Waals surface area contributed by atoms with Gasteiger partial charge in [-0.15, -0.1) is 0 Å². The lowest BCUT2D eigenvalue weighted by Crippen LogP contribution is -2.24. The summed E-state index contributed by atoms with van der Waals surface area (Å²) >= 11 is 0. The van der Waals surface area contributed by atoms with Crippen LogP contribution in [-0.4, -0.2) is 25.6 Å². The van der Waals surface area contributed by atoms with Crippen LogP contribution in [0.1, 0.15) is 21.6 Å². The molecule has 1 N–H and O–H groups in total. The first-order valence-corrected chi connectivity index (χ1v) is 7.53. The summed E-state index contributed by atoms with van der Waals surface area (Å²) in [4.78, 5) is 26.5. The molecule has 1 amide bonds. The second-order valence-electron chi connectivity index (χ2n) is 5.39. The Balaban J connectivity index is 1.74. The van der Waals surface area contributed by atoms with Crippen molar-refractivity contribution >= 4 is 11.6 Å². The van der Waals surface area contributed by atoms with Gasteiger partial charge in [0.2, 0.25) is 0 Å². The normalized spacial score (nSPS) is 10.4. The van der Waals surface area contributed by atoms with Gasteiger partial charge < -0.3 is 5.32 Å². The van der Waals surface area contributed by atoms with Crippen LogP contribution < -0.4 is 5.32 Å². The predicted octanol–water partition coefficient (Wildman–Crippen LogP) is 2.41. The molecule has 1 aromatic carbocycles. The number of carbonyl (C=O) groups is 1. The molecular weight excluding hydrogens is 322 g/mol. The summed E-state index contributed by atoms with van der Waals surface area (Å²) in [5.41, 5.74) is 2.18. The summed E-state index contributed by atoms with van der Waals surface area (Å²) in [6.45, 7) is 1.92. The van der Waals surface area contributed by atoms with Gasteiger partial charge in [0.1, 0.15) is 6.20 Å². The molecule has 3 aromatic rings. The number of pyridine rings is 1. The number of aryl methyl sites for hydroxylation is 1. The summed E-state index contributed by atoms with van der Waals surface area (Å²) in [5.74, 6) is -0.404. The van der Waals surface area contributed by atoms with E-state index in [9.17, 15) is 14.9 Å². The Morgan fingerprint density at radius 1 is 1.32 bits per heavy atom. The molecule has 0 unspecified atom stereocenters. The maximum atomic E-state index is 12.3. The van der Waals surface area contributed by atoms with Gasteiger partial charge in [-0.05, 0) is 30.7 Å². The predicted molar refractivity (Wildman–Crippen MR) is 90.4 cm³/mol. The Hall–Kier alpha value is -3.55. The molecule has 0 spiro atoms. The number of hydrogen-bond acceptors (Lipinski definition) is 5. The van der Waals surface area contributed by atoms with E-state index < -0.39 is 10.8 Å². The van der Waals surface area contributed by atoms with Gasteiger partial charge in [0.25, 0.3) is 11.6 Å². The number of nitro groups is 1. The summed E-state index contributed by atoms with van der Waals surface area (Å²) in [6, 6.07) is 10.6. The topological polar surface area (TPSA) is 103 Å². The second kappa shape index (κ2) is 6.91. The fourth-order valence-electron chi connectivity index (χ4n) is 2.36. The van der Waals surface area contributed by atoms with Crippen molar-refractivity contribution in [2.45, 2.75) is 13.5 Å². The molecule has 8 nitrogen and oxygen atoms in total. The van der Waals surface area contributed by atoms with E-state index in [1.54, 1.807) is 17.8 Å². The van der Waals surface area contributed by atoms with Crippen molar-refractivity contribution in [2.75, 3.05) is 0 Å². The van der Waals surface area contributed by atoms with E-state index in [2.05, 4.69) is 15.4 Å². The molecule has 0 saturated carbocycles. The molecule has 0 atom stereocenters. The van der Waals surface area contributed by atoms with E-state index in [1.165, 1.54) is 6.07 Å². The van der Waals surface area contributed by atoms with Crippen molar-refractivity contribution in [2.24, 2.45) is 0 Å². The summed E-state index contributed by atoms with van der Waals surface area (Å²) in [5, 5.41) is 17.8. The fraction of sp³-hybridized carbons (Fsp3) is 0.118. The molecule has 25 heavy (non-hydrogen) atoms. The maximum absolute atomic E-state index is 12.3. The largest absolute Gasteiger partial charge is 0.348 e. The van der Waals surface area contributed by atoms with Crippen molar-refractivity contribution < 1.29 is 9.72 Å². The molecule has 0 radical (unpaired) electrons. The Bertz CT molecular complexity index is 922. The number of amides is 1. The van der Waals surface area contributed by atoms with Gasteiger partial charge in [0.05, 0.1) is 21.9 Å². The fourth-order valence-corrected chi connectivity index (χ4v) is 2.36. The third-order valence-corrected chi connectivity index (χ3v) is 3.66. The van der Waals surface area contributed by atoms with Crippen LogP contribution in [0.15, 0.2) is 55.0 Å². The number of nitrogens with zero attached hydrogens (tertiary/aromatic N) is 4. The van der Waals surface area contributed by atoms with E-state index >= 15 is 0 Å². The monoisotopic (exact) mass is 337 g/mol. The van der Waals surface area contributed by atoms with Gasteiger partial charge in [-0.2, -0.15) is 5.10 Å². The number of carbonyl (C=O) groups excluding carboxylic acids is 1. The molecular formula is C17H15N5O3. The molecule has 3 rings (SSSR count). The van der Waals surface area contributed by atoms with Crippen molar-refractivity contribution in [3.63, 3.8) is 0 Å². The number of benzene rings is 1. The third-order valence-electron chi connectivity index (χ3n) is 3.66. The second-order valence-corrected chi connectivity index (χ2v) is 5.39. The lowest BCUT2D eigenvalue weighted by Gasteiger charge is -2.09. The molecule has 2 heterocycles. The zero-order valence-corrected chi connectivity index (χ0v) is 13.4. The molecule has 0 bridgehead atoms. The number of nitrogens with one attached hydrogen (secondary N) is 1. The zero-order valence-electron chi connectivity index (χ0n) is 13.4. The van der Waals surface area contributed by atoms with E-state index in [-0.39, 0.29) is 17.8 Å². The van der Waals surface area contributed by atoms with E-state index in [1.807, 2.05) is 36.5 Å². The molecule has 0 aliphatic rings. The molecule has 8 heteroatoms. The average molecular weight is 337 g/mol. The first-order valence-electron chi connectivity index (χ1n) is 7.53. The highest BCUT2D eigenvalue weighted by Crippen LogP contribution is 2.15. The van der Waals surface area contributed by atoms with E-state index in [4.69, 9.17) is 0 Å². The van der Waals surface area contributed by atoms with E-state index in [0.29, 0.717) is 5.69 Å². The van der Waals surface area contributed by atoms with Gasteiger partial charge in [-0.25, -0.2) is 4.68 Å². The molecule has 0 aliphatic carbocycles. The van der Waals surface area contributed by atoms with Crippen molar-refractivity contribution in [3.8, 4) is 5.69 Å². The highest BCUT2D eigenvalue weighted by atomic mass is 16.6. The minimum absolute atomic E-state index is 0.192. The van der Waals surface area contributed by atoms with Gasteiger partial charge in [0, 0.05) is 25.0 Å². The van der Waals surface area contributed by atoms with Gasteiger partial charge in [-0.1, -0.05) is 12.1 Å². The van der Waals surface area contributed by atoms with Gasteiger partial charge in [0.15, 0.2) is 0 Å². The molecule has 0 aliphatic heterocycles. The van der Waals surface area contributed by atoms with Crippen molar-refractivity contribution in [1.29, 1.82) is 0 Å². The quantitative estimate of drug-likeness (QED) is 0.569. The van der Waals surface area contributed by atoms with Crippen LogP contribution in [0.4, 0.5) is 5.69 Å². The Labute approximate surface area is 143 Å². The Kier molecular flexibility index (Phi) is 4.51. The Morgan fingerprint density at radius 3 is 2.88 bits per heavy atom. The summed E-state index contributed by atoms with van der Waals surface area (Å²) < 4.78 is 1.72. The van der Waals surface area contributed by atoms with Crippen molar-refractivity contribution in [3.05, 3.63) is 81.9 Å². The zero-order chi connectivity index (χ0) is 17.8. The van der Waals surface area contributed by atoms with Crippen molar-refractivity contribution in [1.82, 2.24) is 20.1 Å². The van der Waals surface area contributed by atoms with Crippen LogP contribution >= 0.6 is 0 Å². The first-order chi connectivity index (χ1) is 12.0. The molecule has 2 aromatic heterocycles. The minimum Gasteiger partial charge on any atom is -0.348 e. The van der Waals surface area contributed by atoms with Gasteiger partial charge in [-0.3, -0.25) is 19.9 Å². The number of aromatic nitrogens is 3. The molecule has 0 saturated heterocycles. The van der Waals surface area contributed by atoms with Crippen LogP contribution in [0.2, 0.25) is 0 Å². The van der Waals surface area contributed by atoms with Gasteiger partial charge >= 0.3 is 0 Å². The standard InChI is InChI=1S/C17H15N5O3/c1-12-16(9-15(11-18-12)22(24)25)17(23)19-10-13-4-2-5-14(8-13)21-7-3-6-20-21/h2-9,11H,10H2,1H3,(H,19,23). The lowest BCUT2D eigenvalue weighted by atomic mass is 10.1. The maximum Gasteiger partial charge on any atom is 0.288 e. The highest BCUT2D eigenvalue weighted by molar-refractivity contribution is 5.95. The third kappa shape index (κ3) is 3.69. The Morgan fingerprint density at radius 2 is 2.16 bits per heavy atom. The smallest absolute Gasteiger partial charge is 0.288 e. The molecule has 0 fully saturated rings. The van der Waals surface area contributed by atoms with Crippen LogP contribution in [0.5, 0.6) is 0 Å². The van der Waals surface area contributed by atoms with Crippen LogP contribution in [-0.2, 0) is 6.54 Å². The summed E-state index contributed by atoms with van der Waals surface area (Å²) in [6.07, 6.45) is 4.65. The average Bonchev–Trinajstić information content (AvgIpc) is 3.15. The minimum atomic E-state index is -0.573.